The molecule has 1 aliphatic rings. The zero-order chi connectivity index (χ0) is 18.3. The van der Waals surface area contributed by atoms with E-state index in [1.165, 1.54) is 4.63 Å². The van der Waals surface area contributed by atoms with Crippen LogP contribution in [0, 0.1) is 13.8 Å². The molecule has 0 unspecified atom stereocenters. The van der Waals surface area contributed by atoms with E-state index in [2.05, 4.69) is 20.6 Å². The van der Waals surface area contributed by atoms with Gasteiger partial charge in [0.2, 0.25) is 10.0 Å². The number of rotatable bonds is 3. The molecule has 0 amide bonds. The van der Waals surface area contributed by atoms with E-state index in [9.17, 15) is 8.42 Å². The molecule has 2 aromatic heterocycles. The maximum Gasteiger partial charge on any atom is 0.243 e. The Hall–Kier alpha value is -2.59. The maximum atomic E-state index is 13.0. The molecule has 1 saturated heterocycles. The van der Waals surface area contributed by atoms with Gasteiger partial charge in [0.25, 0.3) is 0 Å². The van der Waals surface area contributed by atoms with E-state index in [1.54, 1.807) is 16.4 Å². The van der Waals surface area contributed by atoms with Crippen LogP contribution in [-0.4, -0.2) is 64.2 Å². The Morgan fingerprint density at radius 1 is 1.00 bits per heavy atom. The van der Waals surface area contributed by atoms with Crippen molar-refractivity contribution in [2.75, 3.05) is 31.1 Å². The van der Waals surface area contributed by atoms with E-state index in [0.717, 1.165) is 16.9 Å². The molecule has 136 valence electrons. The van der Waals surface area contributed by atoms with Gasteiger partial charge < -0.3 is 4.90 Å². The van der Waals surface area contributed by atoms with Gasteiger partial charge in [-0.15, -0.1) is 14.8 Å². The number of anilines is 1. The Morgan fingerprint density at radius 3 is 2.54 bits per heavy atom. The van der Waals surface area contributed by atoms with Crippen LogP contribution in [0.25, 0.3) is 5.65 Å². The van der Waals surface area contributed by atoms with Gasteiger partial charge in [0.15, 0.2) is 11.5 Å². The van der Waals surface area contributed by atoms with Crippen molar-refractivity contribution < 1.29 is 8.42 Å². The van der Waals surface area contributed by atoms with Crippen LogP contribution in [0.1, 0.15) is 11.1 Å². The quantitative estimate of drug-likeness (QED) is 0.665. The Labute approximate surface area is 151 Å². The highest BCUT2D eigenvalue weighted by atomic mass is 32.2. The summed E-state index contributed by atoms with van der Waals surface area (Å²) < 4.78 is 28.9. The lowest BCUT2D eigenvalue weighted by Gasteiger charge is -2.34. The smallest absolute Gasteiger partial charge is 0.243 e. The van der Waals surface area contributed by atoms with Crippen molar-refractivity contribution in [3.05, 3.63) is 41.5 Å². The summed E-state index contributed by atoms with van der Waals surface area (Å²) >= 11 is 0. The number of aromatic nitrogens is 5. The summed E-state index contributed by atoms with van der Waals surface area (Å²) in [7, 11) is -3.50. The van der Waals surface area contributed by atoms with Crippen molar-refractivity contribution in [1.29, 1.82) is 0 Å². The molecule has 0 spiro atoms. The van der Waals surface area contributed by atoms with Gasteiger partial charge in [-0.1, -0.05) is 12.1 Å². The SMILES string of the molecule is Cc1ccc(C)c(S(=O)(=O)N2CCN(c3ccc4nnnn4n3)CC2)c1. The Bertz CT molecular complexity index is 1060. The molecule has 0 radical (unpaired) electrons. The van der Waals surface area contributed by atoms with E-state index < -0.39 is 10.0 Å². The molecule has 0 N–H and O–H groups in total. The lowest BCUT2D eigenvalue weighted by atomic mass is 10.2. The topological polar surface area (TPSA) is 96.6 Å². The third-order valence-electron chi connectivity index (χ3n) is 4.58. The van der Waals surface area contributed by atoms with Crippen molar-refractivity contribution in [1.82, 2.24) is 29.6 Å². The van der Waals surface area contributed by atoms with Gasteiger partial charge in [0.05, 0.1) is 4.90 Å². The number of nitrogens with zero attached hydrogens (tertiary/aromatic N) is 7. The number of hydrogen-bond acceptors (Lipinski definition) is 7. The highest BCUT2D eigenvalue weighted by Gasteiger charge is 2.30. The molecule has 0 saturated carbocycles. The summed E-state index contributed by atoms with van der Waals surface area (Å²) in [5.74, 6) is 0.730. The van der Waals surface area contributed by atoms with E-state index in [1.807, 2.05) is 36.9 Å². The summed E-state index contributed by atoms with van der Waals surface area (Å²) in [6.07, 6.45) is 0. The summed E-state index contributed by atoms with van der Waals surface area (Å²) in [4.78, 5) is 2.43. The number of benzene rings is 1. The lowest BCUT2D eigenvalue weighted by molar-refractivity contribution is 0.383. The van der Waals surface area contributed by atoms with Crippen molar-refractivity contribution >= 4 is 21.5 Å². The summed E-state index contributed by atoms with van der Waals surface area (Å²) in [6.45, 7) is 5.66. The van der Waals surface area contributed by atoms with Crippen molar-refractivity contribution in [3.8, 4) is 0 Å². The fraction of sp³-hybridized carbons (Fsp3) is 0.375. The second kappa shape index (κ2) is 6.29. The van der Waals surface area contributed by atoms with Crippen LogP contribution in [-0.2, 0) is 10.0 Å². The second-order valence-corrected chi connectivity index (χ2v) is 8.28. The molecule has 3 heterocycles. The van der Waals surface area contributed by atoms with Gasteiger partial charge in [0.1, 0.15) is 0 Å². The Balaban J connectivity index is 1.53. The fourth-order valence-corrected chi connectivity index (χ4v) is 4.82. The number of fused-ring (bicyclic) bond motifs is 1. The van der Waals surface area contributed by atoms with Gasteiger partial charge in [-0.05, 0) is 53.6 Å². The molecule has 0 aliphatic carbocycles. The third-order valence-corrected chi connectivity index (χ3v) is 6.62. The Morgan fingerprint density at radius 2 is 1.77 bits per heavy atom. The number of tetrazole rings is 1. The summed E-state index contributed by atoms with van der Waals surface area (Å²) in [5.41, 5.74) is 2.28. The Kier molecular flexibility index (Phi) is 4.08. The van der Waals surface area contributed by atoms with Crippen molar-refractivity contribution in [3.63, 3.8) is 0 Å². The van der Waals surface area contributed by atoms with E-state index in [4.69, 9.17) is 0 Å². The van der Waals surface area contributed by atoms with Crippen LogP contribution in [0.15, 0.2) is 35.2 Å². The zero-order valence-electron chi connectivity index (χ0n) is 14.6. The second-order valence-electron chi connectivity index (χ2n) is 6.38. The first kappa shape index (κ1) is 16.9. The van der Waals surface area contributed by atoms with Gasteiger partial charge >= 0.3 is 0 Å². The third kappa shape index (κ3) is 2.90. The fourth-order valence-electron chi connectivity index (χ4n) is 3.09. The highest BCUT2D eigenvalue weighted by molar-refractivity contribution is 7.89. The predicted molar refractivity (Wildman–Crippen MR) is 95.5 cm³/mol. The minimum Gasteiger partial charge on any atom is -0.352 e. The number of piperazine rings is 1. The predicted octanol–water partition coefficient (Wildman–Crippen LogP) is 0.647. The molecule has 3 aromatic rings. The van der Waals surface area contributed by atoms with Gasteiger partial charge in [-0.3, -0.25) is 0 Å². The summed E-state index contributed by atoms with van der Waals surface area (Å²) in [5, 5.41) is 15.6. The minimum atomic E-state index is -3.50. The van der Waals surface area contributed by atoms with E-state index >= 15 is 0 Å². The van der Waals surface area contributed by atoms with E-state index in [-0.39, 0.29) is 0 Å². The average Bonchev–Trinajstić information content (AvgIpc) is 3.11. The van der Waals surface area contributed by atoms with Gasteiger partial charge in [0, 0.05) is 26.2 Å². The molecule has 9 nitrogen and oxygen atoms in total. The molecule has 10 heteroatoms. The molecule has 1 aliphatic heterocycles. The average molecular weight is 373 g/mol. The first-order valence-electron chi connectivity index (χ1n) is 8.33. The van der Waals surface area contributed by atoms with Crippen LogP contribution in [0.3, 0.4) is 0 Å². The number of hydrogen-bond donors (Lipinski definition) is 0. The van der Waals surface area contributed by atoms with Crippen molar-refractivity contribution in [2.24, 2.45) is 0 Å². The molecular weight excluding hydrogens is 354 g/mol. The zero-order valence-corrected chi connectivity index (χ0v) is 15.4. The maximum absolute atomic E-state index is 13.0. The van der Waals surface area contributed by atoms with Crippen LogP contribution in [0.4, 0.5) is 5.82 Å². The van der Waals surface area contributed by atoms with Gasteiger partial charge in [-0.25, -0.2) is 8.42 Å². The van der Waals surface area contributed by atoms with Crippen LogP contribution < -0.4 is 4.90 Å². The van der Waals surface area contributed by atoms with E-state index in [0.29, 0.717) is 36.7 Å². The normalized spacial score (nSPS) is 16.3. The molecule has 26 heavy (non-hydrogen) atoms. The largest absolute Gasteiger partial charge is 0.352 e. The first-order chi connectivity index (χ1) is 12.4. The molecule has 0 bridgehead atoms. The first-order valence-corrected chi connectivity index (χ1v) is 9.77. The van der Waals surface area contributed by atoms with Crippen LogP contribution in [0.5, 0.6) is 0 Å². The lowest BCUT2D eigenvalue weighted by Crippen LogP contribution is -2.49. The van der Waals surface area contributed by atoms with Crippen molar-refractivity contribution in [2.45, 2.75) is 18.7 Å². The van der Waals surface area contributed by atoms with Crippen LogP contribution in [0.2, 0.25) is 0 Å². The monoisotopic (exact) mass is 373 g/mol. The molecule has 0 atom stereocenters. The number of aryl methyl sites for hydroxylation is 2. The van der Waals surface area contributed by atoms with Crippen LogP contribution >= 0.6 is 0 Å². The summed E-state index contributed by atoms with van der Waals surface area (Å²) in [6, 6.07) is 9.16. The standard InChI is InChI=1S/C16H19N7O2S/c1-12-3-4-13(2)14(11-12)26(24,25)22-9-7-21(8-10-22)16-6-5-15-17-19-20-23(15)18-16/h3-6,11H,7-10H2,1-2H3. The highest BCUT2D eigenvalue weighted by Crippen LogP contribution is 2.23. The minimum absolute atomic E-state index is 0.388. The molecule has 1 fully saturated rings. The van der Waals surface area contributed by atoms with Gasteiger partial charge in [-0.2, -0.15) is 4.31 Å². The molecule has 1 aromatic carbocycles. The number of sulfonamides is 1. The molecule has 4 rings (SSSR count). The molecular formula is C16H19N7O2S.